The molecule has 3 rings (SSSR count). The molecule has 1 fully saturated rings. The molecule has 100 valence electrons. The average molecular weight is 276 g/mol. The highest BCUT2D eigenvalue weighted by atomic mass is 32.2. The van der Waals surface area contributed by atoms with Gasteiger partial charge < -0.3 is 4.42 Å². The van der Waals surface area contributed by atoms with Crippen LogP contribution in [0.4, 0.5) is 0 Å². The highest BCUT2D eigenvalue weighted by molar-refractivity contribution is 7.86. The molecule has 3 nitrogen and oxygen atoms in total. The van der Waals surface area contributed by atoms with E-state index >= 15 is 0 Å². The summed E-state index contributed by atoms with van der Waals surface area (Å²) in [4.78, 5) is 12.1. The Hall–Kier alpha value is -1.42. The number of hydrogen-bond donors (Lipinski definition) is 0. The van der Waals surface area contributed by atoms with Crippen molar-refractivity contribution in [1.29, 1.82) is 0 Å². The lowest BCUT2D eigenvalue weighted by molar-refractivity contribution is 0.0993. The van der Waals surface area contributed by atoms with Crippen molar-refractivity contribution in [3.05, 3.63) is 36.1 Å². The van der Waals surface area contributed by atoms with E-state index in [4.69, 9.17) is 4.42 Å². The van der Waals surface area contributed by atoms with Gasteiger partial charge in [0, 0.05) is 21.4 Å². The molecule has 1 aliphatic rings. The smallest absolute Gasteiger partial charge is 0.210 e. The summed E-state index contributed by atoms with van der Waals surface area (Å²) in [5.41, 5.74) is 0.706. The van der Waals surface area contributed by atoms with Crippen molar-refractivity contribution in [1.82, 2.24) is 0 Å². The average Bonchev–Trinajstić information content (AvgIpc) is 3.07. The minimum absolute atomic E-state index is 0.0878. The Morgan fingerprint density at radius 3 is 2.74 bits per heavy atom. The van der Waals surface area contributed by atoms with Crippen LogP contribution < -0.4 is 0 Å². The van der Waals surface area contributed by atoms with Crippen molar-refractivity contribution in [2.75, 3.05) is 5.75 Å². The van der Waals surface area contributed by atoms with Gasteiger partial charge in [0.25, 0.3) is 0 Å². The highest BCUT2D eigenvalue weighted by Gasteiger charge is 2.24. The van der Waals surface area contributed by atoms with E-state index in [2.05, 4.69) is 0 Å². The minimum atomic E-state index is -1.06. The van der Waals surface area contributed by atoms with Gasteiger partial charge in [0.2, 0.25) is 5.78 Å². The van der Waals surface area contributed by atoms with Crippen molar-refractivity contribution in [3.63, 3.8) is 0 Å². The number of para-hydroxylation sites is 1. The molecule has 1 aromatic carbocycles. The van der Waals surface area contributed by atoms with Crippen LogP contribution >= 0.6 is 0 Å². The number of fused-ring (bicyclic) bond motifs is 1. The molecule has 0 radical (unpaired) electrons. The van der Waals surface area contributed by atoms with Gasteiger partial charge in [-0.05, 0) is 25.0 Å². The quantitative estimate of drug-likeness (QED) is 0.805. The molecule has 0 aliphatic heterocycles. The number of benzene rings is 1. The van der Waals surface area contributed by atoms with Crippen molar-refractivity contribution >= 4 is 27.6 Å². The molecule has 0 amide bonds. The first-order valence-electron chi connectivity index (χ1n) is 6.63. The third-order valence-corrected chi connectivity index (χ3v) is 5.41. The van der Waals surface area contributed by atoms with Gasteiger partial charge in [-0.3, -0.25) is 9.00 Å². The summed E-state index contributed by atoms with van der Waals surface area (Å²) in [6.45, 7) is 0. The van der Waals surface area contributed by atoms with E-state index in [9.17, 15) is 9.00 Å². The molecule has 1 aromatic heterocycles. The number of rotatable bonds is 4. The number of carbonyl (C=O) groups excluding carboxylic acids is 1. The molecule has 4 heteroatoms. The van der Waals surface area contributed by atoms with Gasteiger partial charge in [0.15, 0.2) is 5.76 Å². The molecule has 0 N–H and O–H groups in total. The second-order valence-corrected chi connectivity index (χ2v) is 6.72. The van der Waals surface area contributed by atoms with Crippen LogP contribution in [0.1, 0.15) is 36.2 Å². The maximum absolute atomic E-state index is 12.1. The minimum Gasteiger partial charge on any atom is -0.453 e. The summed E-state index contributed by atoms with van der Waals surface area (Å²) in [7, 11) is -1.06. The van der Waals surface area contributed by atoms with Crippen LogP contribution in [0.2, 0.25) is 0 Å². The summed E-state index contributed by atoms with van der Waals surface area (Å²) in [5, 5.41) is 1.12. The molecule has 0 bridgehead atoms. The summed E-state index contributed by atoms with van der Waals surface area (Å²) in [6.07, 6.45) is 4.24. The predicted octanol–water partition coefficient (Wildman–Crippen LogP) is 3.31. The fourth-order valence-electron chi connectivity index (χ4n) is 2.59. The van der Waals surface area contributed by atoms with E-state index < -0.39 is 10.8 Å². The molecular weight excluding hydrogens is 260 g/mol. The van der Waals surface area contributed by atoms with Crippen LogP contribution in [0.25, 0.3) is 11.0 Å². The number of hydrogen-bond acceptors (Lipinski definition) is 3. The molecule has 1 atom stereocenters. The van der Waals surface area contributed by atoms with Gasteiger partial charge in [-0.1, -0.05) is 31.0 Å². The number of carbonyl (C=O) groups is 1. The van der Waals surface area contributed by atoms with Gasteiger partial charge in [0.05, 0.1) is 5.75 Å². The zero-order chi connectivity index (χ0) is 13.2. The maximum Gasteiger partial charge on any atom is 0.210 e. The van der Waals surface area contributed by atoms with Crippen molar-refractivity contribution in [2.45, 2.75) is 30.9 Å². The van der Waals surface area contributed by atoms with Crippen LogP contribution in [-0.2, 0) is 10.8 Å². The zero-order valence-electron chi connectivity index (χ0n) is 10.6. The monoisotopic (exact) mass is 276 g/mol. The lowest BCUT2D eigenvalue weighted by Gasteiger charge is -2.06. The Labute approximate surface area is 114 Å². The molecule has 2 aromatic rings. The Morgan fingerprint density at radius 2 is 2.00 bits per heavy atom. The first-order chi connectivity index (χ1) is 9.24. The van der Waals surface area contributed by atoms with E-state index in [0.717, 1.165) is 31.1 Å². The molecule has 1 unspecified atom stereocenters. The lowest BCUT2D eigenvalue weighted by atomic mass is 10.2. The van der Waals surface area contributed by atoms with E-state index in [-0.39, 0.29) is 16.8 Å². The maximum atomic E-state index is 12.1. The highest BCUT2D eigenvalue weighted by Crippen LogP contribution is 2.24. The third-order valence-electron chi connectivity index (χ3n) is 3.65. The van der Waals surface area contributed by atoms with E-state index in [1.165, 1.54) is 0 Å². The Balaban J connectivity index is 1.74. The zero-order valence-corrected chi connectivity index (χ0v) is 11.4. The summed E-state index contributed by atoms with van der Waals surface area (Å²) in [6, 6.07) is 9.26. The van der Waals surface area contributed by atoms with E-state index in [1.54, 1.807) is 6.07 Å². The van der Waals surface area contributed by atoms with Crippen LogP contribution in [-0.4, -0.2) is 21.0 Å². The Morgan fingerprint density at radius 1 is 1.26 bits per heavy atom. The molecule has 1 saturated carbocycles. The molecule has 1 heterocycles. The van der Waals surface area contributed by atoms with Crippen molar-refractivity contribution < 1.29 is 13.4 Å². The van der Waals surface area contributed by atoms with Gasteiger partial charge in [-0.15, -0.1) is 0 Å². The Kier molecular flexibility index (Phi) is 3.51. The second-order valence-electron chi connectivity index (χ2n) is 5.00. The number of furan rings is 1. The number of Topliss-reactive ketones (excluding diaryl/α,β-unsaturated/α-hetero) is 1. The molecule has 0 spiro atoms. The second kappa shape index (κ2) is 5.29. The van der Waals surface area contributed by atoms with Crippen LogP contribution in [0, 0.1) is 0 Å². The molecule has 19 heavy (non-hydrogen) atoms. The molecule has 1 aliphatic carbocycles. The largest absolute Gasteiger partial charge is 0.453 e. The van der Waals surface area contributed by atoms with Crippen molar-refractivity contribution in [2.24, 2.45) is 0 Å². The van der Waals surface area contributed by atoms with Gasteiger partial charge in [-0.2, -0.15) is 0 Å². The van der Waals surface area contributed by atoms with Crippen LogP contribution in [0.15, 0.2) is 34.7 Å². The van der Waals surface area contributed by atoms with E-state index in [1.807, 2.05) is 24.3 Å². The fraction of sp³-hybridized carbons (Fsp3) is 0.400. The molecule has 0 saturated heterocycles. The van der Waals surface area contributed by atoms with E-state index in [0.29, 0.717) is 11.3 Å². The SMILES string of the molecule is O=C(CS(=O)C1CCCC1)c1cc2ccccc2o1. The first-order valence-corrected chi connectivity index (χ1v) is 8.01. The normalized spacial score (nSPS) is 17.9. The summed E-state index contributed by atoms with van der Waals surface area (Å²) in [5.74, 6) is 0.263. The third kappa shape index (κ3) is 2.63. The number of ketones is 1. The standard InChI is InChI=1S/C15H16O3S/c16-13(10-19(17)12-6-2-3-7-12)15-9-11-5-1-4-8-14(11)18-15/h1,4-5,8-9,12H,2-3,6-7,10H2. The lowest BCUT2D eigenvalue weighted by Crippen LogP contribution is -2.19. The topological polar surface area (TPSA) is 47.3 Å². The van der Waals surface area contributed by atoms with Gasteiger partial charge in [0.1, 0.15) is 5.58 Å². The van der Waals surface area contributed by atoms with Gasteiger partial charge >= 0.3 is 0 Å². The summed E-state index contributed by atoms with van der Waals surface area (Å²) >= 11 is 0. The van der Waals surface area contributed by atoms with Crippen molar-refractivity contribution in [3.8, 4) is 0 Å². The van der Waals surface area contributed by atoms with Crippen LogP contribution in [0.3, 0.4) is 0 Å². The first kappa shape index (κ1) is 12.6. The van der Waals surface area contributed by atoms with Crippen LogP contribution in [0.5, 0.6) is 0 Å². The molecular formula is C15H16O3S. The fourth-order valence-corrected chi connectivity index (χ4v) is 4.08. The summed E-state index contributed by atoms with van der Waals surface area (Å²) < 4.78 is 17.6. The Bertz CT molecular complexity index is 590. The van der Waals surface area contributed by atoms with Gasteiger partial charge in [-0.25, -0.2) is 0 Å². The predicted molar refractivity (Wildman–Crippen MR) is 75.8 cm³/mol.